The number of aryl methyl sites for hydroxylation is 1. The van der Waals surface area contributed by atoms with Crippen LogP contribution < -0.4 is 11.1 Å². The maximum Gasteiger partial charge on any atom is 0.259 e. The first-order valence-corrected chi connectivity index (χ1v) is 6.24. The molecule has 1 aromatic carbocycles. The highest BCUT2D eigenvalue weighted by atomic mass is 79.9. The summed E-state index contributed by atoms with van der Waals surface area (Å²) in [4.78, 5) is 15.6. The van der Waals surface area contributed by atoms with Gasteiger partial charge >= 0.3 is 0 Å². The van der Waals surface area contributed by atoms with Gasteiger partial charge in [0.15, 0.2) is 0 Å². The number of nitrogens with zero attached hydrogens (tertiary/aromatic N) is 1. The highest BCUT2D eigenvalue weighted by Gasteiger charge is 2.12. The molecular weight excluding hydrogens is 313 g/mol. The van der Waals surface area contributed by atoms with Crippen LogP contribution in [0.5, 0.6) is 0 Å². The minimum Gasteiger partial charge on any atom is -0.383 e. The predicted molar refractivity (Wildman–Crippen MR) is 75.4 cm³/mol. The molecule has 0 radical (unpaired) electrons. The normalized spacial score (nSPS) is 10.3. The highest BCUT2D eigenvalue weighted by molar-refractivity contribution is 9.10. The van der Waals surface area contributed by atoms with Crippen LogP contribution in [0.3, 0.4) is 0 Å². The standard InChI is InChI=1S/C13H11BrFN3O/c1-7-2-8(14)4-10(3-7)18-13(19)11-5-9(15)6-17-12(11)16/h2-6H,1H3,(H2,16,17)(H,18,19). The number of anilines is 2. The lowest BCUT2D eigenvalue weighted by atomic mass is 10.2. The molecule has 0 saturated carbocycles. The Bertz CT molecular complexity index is 626. The summed E-state index contributed by atoms with van der Waals surface area (Å²) in [7, 11) is 0. The van der Waals surface area contributed by atoms with Gasteiger partial charge < -0.3 is 11.1 Å². The Morgan fingerprint density at radius 1 is 1.37 bits per heavy atom. The molecule has 2 aromatic rings. The van der Waals surface area contributed by atoms with Crippen molar-refractivity contribution in [2.24, 2.45) is 0 Å². The van der Waals surface area contributed by atoms with Crippen molar-refractivity contribution in [1.82, 2.24) is 4.98 Å². The van der Waals surface area contributed by atoms with E-state index >= 15 is 0 Å². The molecule has 19 heavy (non-hydrogen) atoms. The second kappa shape index (κ2) is 5.36. The zero-order valence-corrected chi connectivity index (χ0v) is 11.7. The molecule has 0 fully saturated rings. The van der Waals surface area contributed by atoms with E-state index in [-0.39, 0.29) is 11.4 Å². The lowest BCUT2D eigenvalue weighted by Gasteiger charge is -2.08. The number of hydrogen-bond donors (Lipinski definition) is 2. The average molecular weight is 324 g/mol. The summed E-state index contributed by atoms with van der Waals surface area (Å²) in [5, 5.41) is 2.65. The molecule has 1 amide bonds. The van der Waals surface area contributed by atoms with E-state index in [9.17, 15) is 9.18 Å². The molecule has 98 valence electrons. The van der Waals surface area contributed by atoms with Gasteiger partial charge in [0.25, 0.3) is 5.91 Å². The fraction of sp³-hybridized carbons (Fsp3) is 0.0769. The Hall–Kier alpha value is -1.95. The largest absolute Gasteiger partial charge is 0.383 e. The molecule has 1 aromatic heterocycles. The van der Waals surface area contributed by atoms with Gasteiger partial charge in [0.1, 0.15) is 11.6 Å². The van der Waals surface area contributed by atoms with Crippen LogP contribution in [0, 0.1) is 12.7 Å². The number of amides is 1. The third-order valence-electron chi connectivity index (χ3n) is 2.43. The summed E-state index contributed by atoms with van der Waals surface area (Å²) >= 11 is 3.34. The van der Waals surface area contributed by atoms with Crippen LogP contribution in [0.4, 0.5) is 15.9 Å². The first-order chi connectivity index (χ1) is 8.95. The van der Waals surface area contributed by atoms with E-state index < -0.39 is 11.7 Å². The van der Waals surface area contributed by atoms with Gasteiger partial charge in [-0.15, -0.1) is 0 Å². The Balaban J connectivity index is 2.28. The van der Waals surface area contributed by atoms with Gasteiger partial charge in [0.2, 0.25) is 0 Å². The monoisotopic (exact) mass is 323 g/mol. The molecule has 0 aliphatic rings. The van der Waals surface area contributed by atoms with Crippen molar-refractivity contribution in [2.75, 3.05) is 11.1 Å². The third-order valence-corrected chi connectivity index (χ3v) is 2.89. The summed E-state index contributed by atoms with van der Waals surface area (Å²) < 4.78 is 13.9. The van der Waals surface area contributed by atoms with Gasteiger partial charge in [-0.1, -0.05) is 15.9 Å². The van der Waals surface area contributed by atoms with Crippen molar-refractivity contribution >= 4 is 33.3 Å². The predicted octanol–water partition coefficient (Wildman–Crippen LogP) is 3.13. The molecule has 0 atom stereocenters. The van der Waals surface area contributed by atoms with Gasteiger partial charge in [0.05, 0.1) is 11.8 Å². The number of nitrogens with two attached hydrogens (primary N) is 1. The van der Waals surface area contributed by atoms with Gasteiger partial charge in [-0.05, 0) is 36.8 Å². The number of hydrogen-bond acceptors (Lipinski definition) is 3. The number of aromatic nitrogens is 1. The Labute approximate surface area is 118 Å². The van der Waals surface area contributed by atoms with Crippen LogP contribution in [-0.2, 0) is 0 Å². The second-order valence-electron chi connectivity index (χ2n) is 4.06. The van der Waals surface area contributed by atoms with Crippen molar-refractivity contribution in [2.45, 2.75) is 6.92 Å². The van der Waals surface area contributed by atoms with Crippen molar-refractivity contribution in [1.29, 1.82) is 0 Å². The zero-order chi connectivity index (χ0) is 14.0. The summed E-state index contributed by atoms with van der Waals surface area (Å²) in [6.07, 6.45) is 0.968. The third kappa shape index (κ3) is 3.29. The lowest BCUT2D eigenvalue weighted by Crippen LogP contribution is -2.15. The molecule has 0 saturated heterocycles. The van der Waals surface area contributed by atoms with E-state index in [1.807, 2.05) is 13.0 Å². The molecule has 0 bridgehead atoms. The fourth-order valence-corrected chi connectivity index (χ4v) is 2.25. The van der Waals surface area contributed by atoms with Crippen molar-refractivity contribution in [3.05, 3.63) is 51.9 Å². The summed E-state index contributed by atoms with van der Waals surface area (Å²) in [6.45, 7) is 1.90. The summed E-state index contributed by atoms with van der Waals surface area (Å²) in [6, 6.07) is 6.51. The quantitative estimate of drug-likeness (QED) is 0.892. The average Bonchev–Trinajstić information content (AvgIpc) is 2.30. The van der Waals surface area contributed by atoms with Crippen LogP contribution in [0.1, 0.15) is 15.9 Å². The van der Waals surface area contributed by atoms with Gasteiger partial charge in [-0.25, -0.2) is 9.37 Å². The number of carbonyl (C=O) groups is 1. The van der Waals surface area contributed by atoms with Gasteiger partial charge in [-0.2, -0.15) is 0 Å². The molecule has 0 aliphatic carbocycles. The van der Waals surface area contributed by atoms with Crippen LogP contribution >= 0.6 is 15.9 Å². The van der Waals surface area contributed by atoms with Gasteiger partial charge in [-0.3, -0.25) is 4.79 Å². The Kier molecular flexibility index (Phi) is 3.80. The summed E-state index contributed by atoms with van der Waals surface area (Å²) in [5.41, 5.74) is 7.15. The van der Waals surface area contributed by atoms with Crippen LogP contribution in [0.25, 0.3) is 0 Å². The van der Waals surface area contributed by atoms with Crippen LogP contribution in [0.2, 0.25) is 0 Å². The lowest BCUT2D eigenvalue weighted by molar-refractivity contribution is 0.102. The van der Waals surface area contributed by atoms with E-state index in [0.717, 1.165) is 22.3 Å². The van der Waals surface area contributed by atoms with E-state index in [2.05, 4.69) is 26.2 Å². The molecule has 0 unspecified atom stereocenters. The molecule has 1 heterocycles. The molecule has 0 spiro atoms. The molecule has 2 rings (SSSR count). The number of nitrogens with one attached hydrogen (secondary N) is 1. The maximum atomic E-state index is 13.1. The minimum atomic E-state index is -0.607. The maximum absolute atomic E-state index is 13.1. The first kappa shape index (κ1) is 13.5. The smallest absolute Gasteiger partial charge is 0.259 e. The summed E-state index contributed by atoms with van der Waals surface area (Å²) in [5.74, 6) is -1.11. The highest BCUT2D eigenvalue weighted by Crippen LogP contribution is 2.20. The molecule has 4 nitrogen and oxygen atoms in total. The zero-order valence-electron chi connectivity index (χ0n) is 10.1. The van der Waals surface area contributed by atoms with Crippen molar-refractivity contribution in [3.63, 3.8) is 0 Å². The molecule has 3 N–H and O–H groups in total. The van der Waals surface area contributed by atoms with E-state index in [0.29, 0.717) is 5.69 Å². The van der Waals surface area contributed by atoms with E-state index in [4.69, 9.17) is 5.73 Å². The van der Waals surface area contributed by atoms with Crippen LogP contribution in [-0.4, -0.2) is 10.9 Å². The Morgan fingerprint density at radius 2 is 2.11 bits per heavy atom. The van der Waals surface area contributed by atoms with E-state index in [1.165, 1.54) is 0 Å². The van der Waals surface area contributed by atoms with E-state index in [1.54, 1.807) is 12.1 Å². The molecule has 6 heteroatoms. The fourth-order valence-electron chi connectivity index (χ4n) is 1.64. The number of rotatable bonds is 2. The number of halogens is 2. The van der Waals surface area contributed by atoms with Crippen molar-refractivity contribution < 1.29 is 9.18 Å². The minimum absolute atomic E-state index is 0.00869. The topological polar surface area (TPSA) is 68.0 Å². The number of pyridine rings is 1. The number of benzene rings is 1. The number of carbonyl (C=O) groups excluding carboxylic acids is 1. The van der Waals surface area contributed by atoms with Crippen LogP contribution in [0.15, 0.2) is 34.9 Å². The second-order valence-corrected chi connectivity index (χ2v) is 4.97. The Morgan fingerprint density at radius 3 is 2.79 bits per heavy atom. The molecular formula is C13H11BrFN3O. The van der Waals surface area contributed by atoms with Gasteiger partial charge in [0, 0.05) is 10.2 Å². The first-order valence-electron chi connectivity index (χ1n) is 5.45. The number of nitrogen functional groups attached to an aromatic ring is 1. The SMILES string of the molecule is Cc1cc(Br)cc(NC(=O)c2cc(F)cnc2N)c1. The van der Waals surface area contributed by atoms with Crippen molar-refractivity contribution in [3.8, 4) is 0 Å². The molecule has 0 aliphatic heterocycles.